The van der Waals surface area contributed by atoms with Crippen LogP contribution in [0.2, 0.25) is 0 Å². The number of aryl methyl sites for hydroxylation is 1. The van der Waals surface area contributed by atoms with Crippen LogP contribution in [0.5, 0.6) is 0 Å². The Bertz CT molecular complexity index is 1270. The van der Waals surface area contributed by atoms with Gasteiger partial charge in [0, 0.05) is 41.0 Å². The average molecular weight is 455 g/mol. The summed E-state index contributed by atoms with van der Waals surface area (Å²) in [7, 11) is 0. The first-order valence-electron chi connectivity index (χ1n) is 11.2. The summed E-state index contributed by atoms with van der Waals surface area (Å²) in [4.78, 5) is 26.8. The average Bonchev–Trinajstić information content (AvgIpc) is 3.36. The minimum Gasteiger partial charge on any atom is -0.416 e. The summed E-state index contributed by atoms with van der Waals surface area (Å²) in [5, 5.41) is 11.1. The van der Waals surface area contributed by atoms with Crippen molar-refractivity contribution in [3.05, 3.63) is 89.5 Å². The number of nitrogens with zero attached hydrogens (tertiary/aromatic N) is 3. The summed E-state index contributed by atoms with van der Waals surface area (Å²) in [6.07, 6.45) is 0. The largest absolute Gasteiger partial charge is 0.416 e. The Hall–Kier alpha value is -4.26. The molecule has 0 saturated carbocycles. The Morgan fingerprint density at radius 1 is 0.765 bits per heavy atom. The van der Waals surface area contributed by atoms with Gasteiger partial charge < -0.3 is 14.6 Å². The second kappa shape index (κ2) is 10.1. The van der Waals surface area contributed by atoms with Gasteiger partial charge >= 0.3 is 0 Å². The molecule has 4 rings (SSSR count). The molecule has 2 amide bonds. The van der Waals surface area contributed by atoms with Crippen LogP contribution in [0, 0.1) is 6.92 Å². The second-order valence-corrected chi connectivity index (χ2v) is 7.86. The molecule has 34 heavy (non-hydrogen) atoms. The standard InChI is InChI=1S/C27H26N4O3/c1-4-31(5-2)27(33)22-14-16-23(17-15-22)28-24(32)19-10-12-21(13-11-19)26-30-29-25(34-26)20-8-6-18(3)7-9-20/h6-17H,4-5H2,1-3H3,(H,28,32). The molecule has 1 N–H and O–H groups in total. The lowest BCUT2D eigenvalue weighted by Crippen LogP contribution is -2.30. The molecule has 3 aromatic carbocycles. The van der Waals surface area contributed by atoms with E-state index < -0.39 is 0 Å². The molecule has 1 aromatic heterocycles. The number of hydrogen-bond donors (Lipinski definition) is 1. The SMILES string of the molecule is CCN(CC)C(=O)c1ccc(NC(=O)c2ccc(-c3nnc(-c4ccc(C)cc4)o3)cc2)cc1. The number of benzene rings is 3. The zero-order chi connectivity index (χ0) is 24.1. The number of carbonyl (C=O) groups is 2. The Morgan fingerprint density at radius 2 is 1.26 bits per heavy atom. The van der Waals surface area contributed by atoms with E-state index in [0.29, 0.717) is 41.7 Å². The molecule has 0 aliphatic heterocycles. The van der Waals surface area contributed by atoms with Crippen LogP contribution in [0.25, 0.3) is 22.9 Å². The summed E-state index contributed by atoms with van der Waals surface area (Å²) < 4.78 is 5.80. The van der Waals surface area contributed by atoms with Gasteiger partial charge in [-0.15, -0.1) is 10.2 Å². The first kappa shape index (κ1) is 22.9. The Morgan fingerprint density at radius 3 is 1.79 bits per heavy atom. The first-order valence-corrected chi connectivity index (χ1v) is 11.2. The first-order chi connectivity index (χ1) is 16.5. The summed E-state index contributed by atoms with van der Waals surface area (Å²) in [6.45, 7) is 7.22. The van der Waals surface area contributed by atoms with Crippen molar-refractivity contribution in [1.29, 1.82) is 0 Å². The molecule has 0 bridgehead atoms. The summed E-state index contributed by atoms with van der Waals surface area (Å²) in [5.41, 5.74) is 4.43. The minimum atomic E-state index is -0.250. The van der Waals surface area contributed by atoms with Gasteiger partial charge in [-0.25, -0.2) is 0 Å². The maximum absolute atomic E-state index is 12.7. The summed E-state index contributed by atoms with van der Waals surface area (Å²) in [5.74, 6) is 0.556. The van der Waals surface area contributed by atoms with Crippen molar-refractivity contribution in [2.75, 3.05) is 18.4 Å². The van der Waals surface area contributed by atoms with E-state index in [9.17, 15) is 9.59 Å². The monoisotopic (exact) mass is 454 g/mol. The van der Waals surface area contributed by atoms with Gasteiger partial charge in [0.25, 0.3) is 11.8 Å². The molecule has 7 heteroatoms. The highest BCUT2D eigenvalue weighted by molar-refractivity contribution is 6.04. The number of rotatable bonds is 7. The van der Waals surface area contributed by atoms with Crippen LogP contribution >= 0.6 is 0 Å². The highest BCUT2D eigenvalue weighted by Crippen LogP contribution is 2.24. The molecule has 1 heterocycles. The summed E-state index contributed by atoms with van der Waals surface area (Å²) in [6, 6.07) is 21.7. The lowest BCUT2D eigenvalue weighted by atomic mass is 10.1. The van der Waals surface area contributed by atoms with Gasteiger partial charge in [0.05, 0.1) is 0 Å². The van der Waals surface area contributed by atoms with Crippen LogP contribution < -0.4 is 5.32 Å². The predicted molar refractivity (Wildman–Crippen MR) is 132 cm³/mol. The Kier molecular flexibility index (Phi) is 6.82. The van der Waals surface area contributed by atoms with Crippen molar-refractivity contribution in [2.24, 2.45) is 0 Å². The molecule has 7 nitrogen and oxygen atoms in total. The normalized spacial score (nSPS) is 10.7. The molecule has 0 fully saturated rings. The van der Waals surface area contributed by atoms with Crippen LogP contribution in [0.15, 0.2) is 77.2 Å². The Labute approximate surface area is 198 Å². The highest BCUT2D eigenvalue weighted by atomic mass is 16.4. The van der Waals surface area contributed by atoms with Crippen LogP contribution in [0.1, 0.15) is 40.1 Å². The van der Waals surface area contributed by atoms with E-state index in [1.165, 1.54) is 0 Å². The van der Waals surface area contributed by atoms with Crippen LogP contribution in [-0.4, -0.2) is 40.0 Å². The molecule has 0 atom stereocenters. The molecule has 172 valence electrons. The third-order valence-corrected chi connectivity index (χ3v) is 5.56. The number of anilines is 1. The van der Waals surface area contributed by atoms with Crippen molar-refractivity contribution >= 4 is 17.5 Å². The van der Waals surface area contributed by atoms with Crippen LogP contribution in [-0.2, 0) is 0 Å². The third-order valence-electron chi connectivity index (χ3n) is 5.56. The van der Waals surface area contributed by atoms with Gasteiger partial charge in [0.1, 0.15) is 0 Å². The van der Waals surface area contributed by atoms with Gasteiger partial charge in [0.15, 0.2) is 0 Å². The van der Waals surface area contributed by atoms with E-state index in [-0.39, 0.29) is 11.8 Å². The number of amides is 2. The molecule has 4 aromatic rings. The van der Waals surface area contributed by atoms with Gasteiger partial charge in [-0.05, 0) is 81.4 Å². The number of aromatic nitrogens is 2. The molecule has 0 aliphatic carbocycles. The number of nitrogens with one attached hydrogen (secondary N) is 1. The zero-order valence-corrected chi connectivity index (χ0v) is 19.4. The van der Waals surface area contributed by atoms with E-state index >= 15 is 0 Å². The van der Waals surface area contributed by atoms with E-state index in [2.05, 4.69) is 15.5 Å². The smallest absolute Gasteiger partial charge is 0.255 e. The maximum Gasteiger partial charge on any atom is 0.255 e. The van der Waals surface area contributed by atoms with Crippen molar-refractivity contribution in [3.63, 3.8) is 0 Å². The van der Waals surface area contributed by atoms with Crippen molar-refractivity contribution < 1.29 is 14.0 Å². The van der Waals surface area contributed by atoms with Gasteiger partial charge in [-0.2, -0.15) is 0 Å². The fourth-order valence-electron chi connectivity index (χ4n) is 3.51. The van der Waals surface area contributed by atoms with Crippen molar-refractivity contribution in [1.82, 2.24) is 15.1 Å². The fourth-order valence-corrected chi connectivity index (χ4v) is 3.51. The molecule has 0 unspecified atom stereocenters. The number of carbonyl (C=O) groups excluding carboxylic acids is 2. The molecular weight excluding hydrogens is 428 g/mol. The van der Waals surface area contributed by atoms with E-state index in [0.717, 1.165) is 16.7 Å². The van der Waals surface area contributed by atoms with E-state index in [1.54, 1.807) is 53.4 Å². The Balaban J connectivity index is 1.42. The van der Waals surface area contributed by atoms with Gasteiger partial charge in [-0.3, -0.25) is 9.59 Å². The molecule has 0 aliphatic rings. The van der Waals surface area contributed by atoms with E-state index in [1.807, 2.05) is 45.0 Å². The summed E-state index contributed by atoms with van der Waals surface area (Å²) >= 11 is 0. The van der Waals surface area contributed by atoms with Crippen LogP contribution in [0.4, 0.5) is 5.69 Å². The zero-order valence-electron chi connectivity index (χ0n) is 19.4. The quantitative estimate of drug-likeness (QED) is 0.401. The topological polar surface area (TPSA) is 88.3 Å². The third kappa shape index (κ3) is 5.04. The maximum atomic E-state index is 12.7. The lowest BCUT2D eigenvalue weighted by molar-refractivity contribution is 0.0773. The van der Waals surface area contributed by atoms with Gasteiger partial charge in [-0.1, -0.05) is 17.7 Å². The minimum absolute atomic E-state index is 0.0231. The van der Waals surface area contributed by atoms with Crippen molar-refractivity contribution in [2.45, 2.75) is 20.8 Å². The van der Waals surface area contributed by atoms with E-state index in [4.69, 9.17) is 4.42 Å². The molecule has 0 radical (unpaired) electrons. The lowest BCUT2D eigenvalue weighted by Gasteiger charge is -2.18. The predicted octanol–water partition coefficient (Wildman–Crippen LogP) is 5.45. The van der Waals surface area contributed by atoms with Crippen LogP contribution in [0.3, 0.4) is 0 Å². The fraction of sp³-hybridized carbons (Fsp3) is 0.185. The van der Waals surface area contributed by atoms with Crippen molar-refractivity contribution in [3.8, 4) is 22.9 Å². The highest BCUT2D eigenvalue weighted by Gasteiger charge is 2.14. The van der Waals surface area contributed by atoms with Gasteiger partial charge in [0.2, 0.25) is 11.8 Å². The molecule has 0 saturated heterocycles. The molecule has 0 spiro atoms. The second-order valence-electron chi connectivity index (χ2n) is 7.86. The molecular formula is C27H26N4O3. The number of hydrogen-bond acceptors (Lipinski definition) is 5.